The van der Waals surface area contributed by atoms with Gasteiger partial charge in [0.2, 0.25) is 0 Å². The highest BCUT2D eigenvalue weighted by Crippen LogP contribution is 2.30. The first-order chi connectivity index (χ1) is 13.8. The molecule has 4 heterocycles. The van der Waals surface area contributed by atoms with Crippen molar-refractivity contribution in [2.45, 2.75) is 13.5 Å². The Balaban J connectivity index is 1.58. The number of aromatic nitrogens is 6. The molecule has 7 heteroatoms. The van der Waals surface area contributed by atoms with Crippen LogP contribution in [-0.2, 0) is 6.54 Å². The number of fused-ring (bicyclic) bond motifs is 2. The zero-order chi connectivity index (χ0) is 18.9. The second kappa shape index (κ2) is 6.86. The van der Waals surface area contributed by atoms with Crippen LogP contribution >= 0.6 is 0 Å². The van der Waals surface area contributed by atoms with Crippen molar-refractivity contribution in [2.75, 3.05) is 6.54 Å². The van der Waals surface area contributed by atoms with E-state index in [1.54, 1.807) is 6.20 Å². The van der Waals surface area contributed by atoms with Crippen LogP contribution in [0.2, 0.25) is 0 Å². The van der Waals surface area contributed by atoms with E-state index in [0.717, 1.165) is 51.9 Å². The third kappa shape index (κ3) is 2.91. The molecule has 0 aliphatic carbocycles. The fourth-order valence-electron chi connectivity index (χ4n) is 3.34. The van der Waals surface area contributed by atoms with Gasteiger partial charge in [0.1, 0.15) is 5.69 Å². The number of hydrogen-bond donors (Lipinski definition) is 3. The summed E-state index contributed by atoms with van der Waals surface area (Å²) in [7, 11) is 0. The van der Waals surface area contributed by atoms with Gasteiger partial charge in [0, 0.05) is 36.1 Å². The largest absolute Gasteiger partial charge is 0.335 e. The molecule has 4 aromatic heterocycles. The number of nitrogens with zero attached hydrogens (tertiary/aromatic N) is 4. The van der Waals surface area contributed by atoms with Gasteiger partial charge in [-0.2, -0.15) is 5.10 Å². The zero-order valence-corrected chi connectivity index (χ0v) is 15.4. The molecule has 0 aliphatic rings. The summed E-state index contributed by atoms with van der Waals surface area (Å²) in [5.41, 5.74) is 6.66. The average Bonchev–Trinajstić information content (AvgIpc) is 3.35. The van der Waals surface area contributed by atoms with E-state index in [-0.39, 0.29) is 0 Å². The molecule has 7 nitrogen and oxygen atoms in total. The predicted molar refractivity (Wildman–Crippen MR) is 110 cm³/mol. The van der Waals surface area contributed by atoms with Crippen molar-refractivity contribution in [3.8, 4) is 22.6 Å². The quantitative estimate of drug-likeness (QED) is 0.439. The first-order valence-electron chi connectivity index (χ1n) is 9.26. The van der Waals surface area contributed by atoms with E-state index >= 15 is 0 Å². The smallest absolute Gasteiger partial charge is 0.178 e. The van der Waals surface area contributed by atoms with Crippen LogP contribution in [0.25, 0.3) is 44.7 Å². The third-order valence-corrected chi connectivity index (χ3v) is 4.75. The minimum atomic E-state index is 0.685. The molecule has 3 N–H and O–H groups in total. The van der Waals surface area contributed by atoms with E-state index < -0.39 is 0 Å². The molecule has 0 radical (unpaired) electrons. The van der Waals surface area contributed by atoms with E-state index in [1.165, 1.54) is 0 Å². The molecule has 0 saturated heterocycles. The van der Waals surface area contributed by atoms with E-state index in [0.29, 0.717) is 11.5 Å². The molecule has 5 aromatic rings. The summed E-state index contributed by atoms with van der Waals surface area (Å²) in [5.74, 6) is 0.705. The van der Waals surface area contributed by atoms with E-state index in [9.17, 15) is 0 Å². The minimum absolute atomic E-state index is 0.685. The Morgan fingerprint density at radius 3 is 2.89 bits per heavy atom. The van der Waals surface area contributed by atoms with Gasteiger partial charge in [-0.15, -0.1) is 0 Å². The number of rotatable bonds is 5. The van der Waals surface area contributed by atoms with Crippen molar-refractivity contribution in [1.29, 1.82) is 0 Å². The van der Waals surface area contributed by atoms with Crippen molar-refractivity contribution >= 4 is 22.1 Å². The number of pyridine rings is 2. The number of hydrogen-bond acceptors (Lipinski definition) is 5. The first-order valence-corrected chi connectivity index (χ1v) is 9.26. The number of nitrogens with one attached hydrogen (secondary N) is 3. The van der Waals surface area contributed by atoms with Crippen molar-refractivity contribution in [3.63, 3.8) is 0 Å². The molecule has 28 heavy (non-hydrogen) atoms. The van der Waals surface area contributed by atoms with Gasteiger partial charge in [-0.3, -0.25) is 10.1 Å². The van der Waals surface area contributed by atoms with Crippen molar-refractivity contribution in [2.24, 2.45) is 0 Å². The Bertz CT molecular complexity index is 1240. The highest BCUT2D eigenvalue weighted by molar-refractivity contribution is 5.95. The highest BCUT2D eigenvalue weighted by Gasteiger charge is 2.14. The van der Waals surface area contributed by atoms with Crippen molar-refractivity contribution in [1.82, 2.24) is 35.5 Å². The molecule has 0 saturated carbocycles. The maximum absolute atomic E-state index is 4.59. The molecule has 0 amide bonds. The molecule has 0 spiro atoms. The molecule has 1 aromatic carbocycles. The van der Waals surface area contributed by atoms with E-state index in [2.05, 4.69) is 60.6 Å². The molecule has 0 atom stereocenters. The summed E-state index contributed by atoms with van der Waals surface area (Å²) in [5, 5.41) is 11.9. The van der Waals surface area contributed by atoms with Crippen LogP contribution < -0.4 is 5.32 Å². The monoisotopic (exact) mass is 369 g/mol. The molecule has 138 valence electrons. The van der Waals surface area contributed by atoms with Gasteiger partial charge in [-0.05, 0) is 48.0 Å². The molecule has 0 bridgehead atoms. The van der Waals surface area contributed by atoms with E-state index in [4.69, 9.17) is 0 Å². The third-order valence-electron chi connectivity index (χ3n) is 4.75. The Morgan fingerprint density at radius 1 is 1.04 bits per heavy atom. The minimum Gasteiger partial charge on any atom is -0.335 e. The van der Waals surface area contributed by atoms with Gasteiger partial charge in [-0.1, -0.05) is 13.0 Å². The zero-order valence-electron chi connectivity index (χ0n) is 15.4. The summed E-state index contributed by atoms with van der Waals surface area (Å²) in [6.07, 6.45) is 5.53. The predicted octanol–water partition coefficient (Wildman–Crippen LogP) is 3.67. The van der Waals surface area contributed by atoms with Gasteiger partial charge in [-0.25, -0.2) is 9.97 Å². The van der Waals surface area contributed by atoms with Crippen LogP contribution in [0, 0.1) is 0 Å². The Morgan fingerprint density at radius 2 is 2.00 bits per heavy atom. The van der Waals surface area contributed by atoms with E-state index in [1.807, 2.05) is 30.6 Å². The molecule has 0 unspecified atom stereocenters. The van der Waals surface area contributed by atoms with Crippen LogP contribution in [0.3, 0.4) is 0 Å². The Kier molecular flexibility index (Phi) is 4.06. The first kappa shape index (κ1) is 16.6. The van der Waals surface area contributed by atoms with Crippen LogP contribution in [0.15, 0.2) is 55.0 Å². The fourth-order valence-corrected chi connectivity index (χ4v) is 3.34. The number of H-pyrrole nitrogens is 2. The van der Waals surface area contributed by atoms with Crippen molar-refractivity contribution < 1.29 is 0 Å². The molecular formula is C21H19N7. The average molecular weight is 369 g/mol. The van der Waals surface area contributed by atoms with Gasteiger partial charge in [0.15, 0.2) is 11.5 Å². The van der Waals surface area contributed by atoms with Crippen LogP contribution in [-0.4, -0.2) is 36.7 Å². The van der Waals surface area contributed by atoms with Crippen LogP contribution in [0.4, 0.5) is 0 Å². The second-order valence-corrected chi connectivity index (χ2v) is 6.65. The summed E-state index contributed by atoms with van der Waals surface area (Å²) in [6, 6.07) is 12.3. The summed E-state index contributed by atoms with van der Waals surface area (Å²) < 4.78 is 0. The lowest BCUT2D eigenvalue weighted by Crippen LogP contribution is -2.11. The lowest BCUT2D eigenvalue weighted by Gasteiger charge is -2.06. The molecular weight excluding hydrogens is 350 g/mol. The van der Waals surface area contributed by atoms with Crippen LogP contribution in [0.5, 0.6) is 0 Å². The lowest BCUT2D eigenvalue weighted by molar-refractivity contribution is 0.724. The number of imidazole rings is 1. The lowest BCUT2D eigenvalue weighted by atomic mass is 10.0. The highest BCUT2D eigenvalue weighted by atomic mass is 15.1. The topological polar surface area (TPSA) is 95.2 Å². The van der Waals surface area contributed by atoms with Gasteiger partial charge in [0.05, 0.1) is 11.0 Å². The Hall–Kier alpha value is -3.58. The van der Waals surface area contributed by atoms with Crippen LogP contribution in [0.1, 0.15) is 12.5 Å². The van der Waals surface area contributed by atoms with Gasteiger partial charge >= 0.3 is 0 Å². The summed E-state index contributed by atoms with van der Waals surface area (Å²) >= 11 is 0. The van der Waals surface area contributed by atoms with Gasteiger partial charge in [0.25, 0.3) is 0 Å². The molecule has 5 rings (SSSR count). The summed E-state index contributed by atoms with van der Waals surface area (Å²) in [6.45, 7) is 3.84. The maximum atomic E-state index is 4.59. The number of benzene rings is 1. The maximum Gasteiger partial charge on any atom is 0.178 e. The van der Waals surface area contributed by atoms with Crippen molar-refractivity contribution in [3.05, 3.63) is 60.6 Å². The fraction of sp³-hybridized carbons (Fsp3) is 0.143. The number of aromatic amines is 2. The molecule has 0 aliphatic heterocycles. The normalized spacial score (nSPS) is 11.5. The summed E-state index contributed by atoms with van der Waals surface area (Å²) in [4.78, 5) is 16.6. The SMILES string of the molecule is CCNCc1cncc(-c2ccc3[nH]nc(-c4nc5ncccc5[nH]4)c3c2)c1. The standard InChI is InChI=1S/C21H19N7/c1-2-22-10-13-8-15(12-23-11-13)14-5-6-17-16(9-14)19(28-27-17)21-25-18-4-3-7-24-20(18)26-21/h3-9,11-12,22H,2,10H2,1H3,(H,27,28)(H,24,25,26). The van der Waals surface area contributed by atoms with Gasteiger partial charge < -0.3 is 10.3 Å². The Labute approximate surface area is 161 Å². The second-order valence-electron chi connectivity index (χ2n) is 6.65. The molecule has 0 fully saturated rings.